The fourth-order valence-corrected chi connectivity index (χ4v) is 6.91. The number of carbonyl (C=O) groups is 1. The smallest absolute Gasteiger partial charge is 0.229 e. The summed E-state index contributed by atoms with van der Waals surface area (Å²) in [5, 5.41) is 6.56. The summed E-state index contributed by atoms with van der Waals surface area (Å²) in [5.41, 5.74) is 8.16. The van der Waals surface area contributed by atoms with Gasteiger partial charge in [-0.15, -0.1) is 0 Å². The van der Waals surface area contributed by atoms with Crippen molar-refractivity contribution in [2.75, 3.05) is 48.0 Å². The largest absolute Gasteiger partial charge is 0.369 e. The van der Waals surface area contributed by atoms with Gasteiger partial charge < -0.3 is 21.3 Å². The maximum atomic E-state index is 15.2. The number of hydrogen-bond donors (Lipinski definition) is 3. The van der Waals surface area contributed by atoms with Crippen molar-refractivity contribution in [1.29, 1.82) is 0 Å². The van der Waals surface area contributed by atoms with Gasteiger partial charge in [-0.2, -0.15) is 9.29 Å². The van der Waals surface area contributed by atoms with Crippen molar-refractivity contribution in [2.24, 2.45) is 23.5 Å². The highest BCUT2D eigenvalue weighted by Crippen LogP contribution is 2.45. The van der Waals surface area contributed by atoms with Crippen LogP contribution in [0.4, 0.5) is 27.5 Å². The van der Waals surface area contributed by atoms with Gasteiger partial charge >= 0.3 is 0 Å². The number of pyridine rings is 1. The Kier molecular flexibility index (Phi) is 7.08. The van der Waals surface area contributed by atoms with E-state index in [0.29, 0.717) is 48.9 Å². The van der Waals surface area contributed by atoms with E-state index in [-0.39, 0.29) is 35.7 Å². The van der Waals surface area contributed by atoms with E-state index in [4.69, 9.17) is 10.7 Å². The van der Waals surface area contributed by atoms with Crippen molar-refractivity contribution >= 4 is 39.1 Å². The molecule has 1 saturated heterocycles. The van der Waals surface area contributed by atoms with Crippen LogP contribution in [0, 0.1) is 23.6 Å². The standard InChI is InChI=1S/C28H31FN8O3S/c1-41(39,40)37-11-9-36(10-12-37)23-7-6-20(14-22(23)29)33-28-32-16-21(19-3-2-8-31-15-19)27(35-28)34-25-18-5-4-17(13-18)24(25)26(30)38/h2-8,14-18,24-25H,9-13H2,1H3,(H2,30,38)(H2,32,33,34,35)/t17-,18+,24+,25-/m1/s1. The van der Waals surface area contributed by atoms with Crippen LogP contribution < -0.4 is 21.3 Å². The van der Waals surface area contributed by atoms with Crippen LogP contribution in [-0.2, 0) is 14.8 Å². The number of nitrogens with zero attached hydrogens (tertiary/aromatic N) is 5. The molecule has 0 unspecified atom stereocenters. The minimum absolute atomic E-state index is 0.104. The number of aromatic nitrogens is 3. The molecule has 11 nitrogen and oxygen atoms in total. The molecule has 1 aliphatic heterocycles. The first-order chi connectivity index (χ1) is 19.7. The van der Waals surface area contributed by atoms with Crippen LogP contribution in [0.25, 0.3) is 11.1 Å². The predicted octanol–water partition coefficient (Wildman–Crippen LogP) is 2.59. The topological polar surface area (TPSA) is 146 Å². The first kappa shape index (κ1) is 27.1. The second-order valence-electron chi connectivity index (χ2n) is 10.7. The average Bonchev–Trinajstić information content (AvgIpc) is 3.56. The molecule has 1 aromatic carbocycles. The van der Waals surface area contributed by atoms with Crippen LogP contribution in [-0.4, -0.2) is 72.1 Å². The molecule has 2 aliphatic carbocycles. The van der Waals surface area contributed by atoms with Crippen molar-refractivity contribution in [3.8, 4) is 11.1 Å². The van der Waals surface area contributed by atoms with Crippen molar-refractivity contribution in [3.05, 3.63) is 66.9 Å². The third-order valence-electron chi connectivity index (χ3n) is 8.10. The van der Waals surface area contributed by atoms with E-state index >= 15 is 4.39 Å². The maximum absolute atomic E-state index is 15.2. The van der Waals surface area contributed by atoms with Crippen molar-refractivity contribution < 1.29 is 17.6 Å². The number of benzene rings is 1. The summed E-state index contributed by atoms with van der Waals surface area (Å²) in [4.78, 5) is 27.6. The molecular weight excluding hydrogens is 547 g/mol. The van der Waals surface area contributed by atoms with Gasteiger partial charge in [0.15, 0.2) is 0 Å². The molecule has 3 aromatic rings. The Morgan fingerprint density at radius 2 is 1.88 bits per heavy atom. The maximum Gasteiger partial charge on any atom is 0.229 e. The van der Waals surface area contributed by atoms with Gasteiger partial charge in [-0.3, -0.25) is 9.78 Å². The SMILES string of the molecule is CS(=O)(=O)N1CCN(c2ccc(Nc3ncc(-c4cccnc4)c(N[C@H]4[C@@H](C(N)=O)[C@@H]5C=C[C@H]4C5)n3)cc2F)CC1. The number of rotatable bonds is 8. The van der Waals surface area contributed by atoms with Gasteiger partial charge in [0.05, 0.1) is 17.9 Å². The van der Waals surface area contributed by atoms with Crippen LogP contribution in [0.3, 0.4) is 0 Å². The van der Waals surface area contributed by atoms with Gasteiger partial charge in [0.25, 0.3) is 0 Å². The van der Waals surface area contributed by atoms with E-state index in [0.717, 1.165) is 12.0 Å². The third-order valence-corrected chi connectivity index (χ3v) is 9.41. The normalized spacial score (nSPS) is 24.0. The summed E-state index contributed by atoms with van der Waals surface area (Å²) in [7, 11) is -3.27. The molecule has 1 saturated carbocycles. The lowest BCUT2D eigenvalue weighted by Gasteiger charge is -2.34. The summed E-state index contributed by atoms with van der Waals surface area (Å²) in [6.45, 7) is 1.41. The second-order valence-corrected chi connectivity index (χ2v) is 12.7. The molecule has 2 bridgehead atoms. The van der Waals surface area contributed by atoms with Gasteiger partial charge in [0.1, 0.15) is 11.6 Å². The molecule has 1 amide bonds. The molecule has 0 spiro atoms. The molecule has 13 heteroatoms. The zero-order chi connectivity index (χ0) is 28.7. The Labute approximate surface area is 237 Å². The number of primary amides is 1. The number of hydrogen-bond acceptors (Lipinski definition) is 9. The Bertz CT molecular complexity index is 1600. The number of halogens is 1. The summed E-state index contributed by atoms with van der Waals surface area (Å²) >= 11 is 0. The number of piperazine rings is 1. The summed E-state index contributed by atoms with van der Waals surface area (Å²) in [6.07, 6.45) is 11.3. The number of anilines is 4. The highest BCUT2D eigenvalue weighted by Gasteiger charge is 2.47. The fourth-order valence-electron chi connectivity index (χ4n) is 6.08. The van der Waals surface area contributed by atoms with Crippen LogP contribution in [0.15, 0.2) is 61.1 Å². The van der Waals surface area contributed by atoms with E-state index in [1.54, 1.807) is 30.7 Å². The Hall–Kier alpha value is -4.10. The van der Waals surface area contributed by atoms with Gasteiger partial charge in [0, 0.05) is 67.6 Å². The van der Waals surface area contributed by atoms with Gasteiger partial charge in [-0.25, -0.2) is 17.8 Å². The molecule has 4 atom stereocenters. The lowest BCUT2D eigenvalue weighted by molar-refractivity contribution is -0.122. The molecular formula is C28H31FN8O3S. The van der Waals surface area contributed by atoms with Crippen LogP contribution >= 0.6 is 0 Å². The highest BCUT2D eigenvalue weighted by molar-refractivity contribution is 7.88. The number of nitrogens with two attached hydrogens (primary N) is 1. The zero-order valence-electron chi connectivity index (χ0n) is 22.4. The number of sulfonamides is 1. The molecule has 2 fully saturated rings. The average molecular weight is 579 g/mol. The molecule has 6 rings (SSSR count). The van der Waals surface area contributed by atoms with E-state index in [9.17, 15) is 13.2 Å². The molecule has 2 aromatic heterocycles. The van der Waals surface area contributed by atoms with Gasteiger partial charge in [-0.05, 0) is 42.5 Å². The van der Waals surface area contributed by atoms with Gasteiger partial charge in [0.2, 0.25) is 21.9 Å². The molecule has 0 radical (unpaired) electrons. The monoisotopic (exact) mass is 578 g/mol. The Morgan fingerprint density at radius 1 is 1.10 bits per heavy atom. The number of nitrogens with one attached hydrogen (secondary N) is 2. The molecule has 3 heterocycles. The van der Waals surface area contributed by atoms with Crippen molar-refractivity contribution in [1.82, 2.24) is 19.3 Å². The minimum Gasteiger partial charge on any atom is -0.369 e. The van der Waals surface area contributed by atoms with Gasteiger partial charge in [-0.1, -0.05) is 18.2 Å². The van der Waals surface area contributed by atoms with E-state index in [1.165, 1.54) is 16.6 Å². The highest BCUT2D eigenvalue weighted by atomic mass is 32.2. The Morgan fingerprint density at radius 3 is 2.56 bits per heavy atom. The molecule has 214 valence electrons. The summed E-state index contributed by atoms with van der Waals surface area (Å²) in [5.74, 6) is -0.0937. The van der Waals surface area contributed by atoms with E-state index in [1.807, 2.05) is 17.0 Å². The zero-order valence-corrected chi connectivity index (χ0v) is 23.3. The van der Waals surface area contributed by atoms with Crippen LogP contribution in [0.5, 0.6) is 0 Å². The van der Waals surface area contributed by atoms with Crippen LogP contribution in [0.1, 0.15) is 6.42 Å². The first-order valence-electron chi connectivity index (χ1n) is 13.5. The quantitative estimate of drug-likeness (QED) is 0.343. The fraction of sp³-hybridized carbons (Fsp3) is 0.357. The lowest BCUT2D eigenvalue weighted by Crippen LogP contribution is -2.48. The minimum atomic E-state index is -3.27. The molecule has 4 N–H and O–H groups in total. The number of carbonyl (C=O) groups excluding carboxylic acids is 1. The first-order valence-corrected chi connectivity index (χ1v) is 15.3. The van der Waals surface area contributed by atoms with Crippen LogP contribution in [0.2, 0.25) is 0 Å². The molecule has 3 aliphatic rings. The predicted molar refractivity (Wildman–Crippen MR) is 154 cm³/mol. The van der Waals surface area contributed by atoms with Crippen molar-refractivity contribution in [2.45, 2.75) is 12.5 Å². The summed E-state index contributed by atoms with van der Waals surface area (Å²) in [6, 6.07) is 8.28. The second kappa shape index (κ2) is 10.7. The molecule has 41 heavy (non-hydrogen) atoms. The third kappa shape index (κ3) is 5.46. The summed E-state index contributed by atoms with van der Waals surface area (Å²) < 4.78 is 40.2. The number of amides is 1. The van der Waals surface area contributed by atoms with E-state index in [2.05, 4.69) is 32.8 Å². The number of allylic oxidation sites excluding steroid dienone is 1. The van der Waals surface area contributed by atoms with Crippen molar-refractivity contribution in [3.63, 3.8) is 0 Å². The van der Waals surface area contributed by atoms with E-state index < -0.39 is 15.8 Å². The number of fused-ring (bicyclic) bond motifs is 2. The lowest BCUT2D eigenvalue weighted by atomic mass is 9.88. The Balaban J connectivity index is 1.24.